The van der Waals surface area contributed by atoms with Crippen molar-refractivity contribution < 1.29 is 9.47 Å². The van der Waals surface area contributed by atoms with E-state index in [4.69, 9.17) is 9.47 Å². The predicted octanol–water partition coefficient (Wildman–Crippen LogP) is 2.52. The zero-order chi connectivity index (χ0) is 15.2. The fraction of sp³-hybridized carbons (Fsp3) is 0.647. The van der Waals surface area contributed by atoms with E-state index in [0.29, 0.717) is 25.2 Å². The van der Waals surface area contributed by atoms with Crippen LogP contribution >= 0.6 is 0 Å². The third-order valence-electron chi connectivity index (χ3n) is 3.57. The third-order valence-corrected chi connectivity index (χ3v) is 3.57. The van der Waals surface area contributed by atoms with Gasteiger partial charge >= 0.3 is 0 Å². The molecule has 1 heterocycles. The zero-order valence-electron chi connectivity index (χ0n) is 13.7. The third kappa shape index (κ3) is 4.90. The van der Waals surface area contributed by atoms with Crippen LogP contribution in [0.3, 0.4) is 0 Å². The molecule has 2 rings (SSSR count). The lowest BCUT2D eigenvalue weighted by atomic mass is 10.0. The minimum absolute atomic E-state index is 0.486. The van der Waals surface area contributed by atoms with E-state index in [2.05, 4.69) is 44.2 Å². The van der Waals surface area contributed by atoms with Crippen LogP contribution < -0.4 is 14.8 Å². The van der Waals surface area contributed by atoms with Crippen LogP contribution in [-0.2, 0) is 6.54 Å². The SMILES string of the molecule is CC(C)CC(CN(C)C)NCc1cccc2c1OCCO2. The van der Waals surface area contributed by atoms with Crippen LogP contribution in [-0.4, -0.2) is 44.8 Å². The summed E-state index contributed by atoms with van der Waals surface area (Å²) >= 11 is 0. The first-order valence-electron chi connectivity index (χ1n) is 7.82. The highest BCUT2D eigenvalue weighted by molar-refractivity contribution is 5.47. The molecule has 4 heteroatoms. The summed E-state index contributed by atoms with van der Waals surface area (Å²) in [6, 6.07) is 6.61. The van der Waals surface area contributed by atoms with E-state index in [1.54, 1.807) is 0 Å². The number of likely N-dealkylation sites (N-methyl/N-ethyl adjacent to an activating group) is 1. The highest BCUT2D eigenvalue weighted by atomic mass is 16.6. The number of hydrogen-bond donors (Lipinski definition) is 1. The van der Waals surface area contributed by atoms with Crippen molar-refractivity contribution in [3.8, 4) is 11.5 Å². The highest BCUT2D eigenvalue weighted by Crippen LogP contribution is 2.33. The van der Waals surface area contributed by atoms with Crippen molar-refractivity contribution in [2.45, 2.75) is 32.9 Å². The van der Waals surface area contributed by atoms with Crippen molar-refractivity contribution in [3.05, 3.63) is 23.8 Å². The Kier molecular flexibility index (Phi) is 5.88. The van der Waals surface area contributed by atoms with Gasteiger partial charge in [0.1, 0.15) is 13.2 Å². The number of ether oxygens (including phenoxy) is 2. The van der Waals surface area contributed by atoms with Gasteiger partial charge in [-0.2, -0.15) is 0 Å². The normalized spacial score (nSPS) is 15.5. The summed E-state index contributed by atoms with van der Waals surface area (Å²) in [5.41, 5.74) is 1.18. The Bertz CT molecular complexity index is 436. The number of rotatable bonds is 7. The first-order chi connectivity index (χ1) is 10.1. The Morgan fingerprint density at radius 1 is 1.19 bits per heavy atom. The Morgan fingerprint density at radius 2 is 1.95 bits per heavy atom. The van der Waals surface area contributed by atoms with E-state index in [0.717, 1.165) is 24.6 Å². The van der Waals surface area contributed by atoms with Crippen LogP contribution in [0.4, 0.5) is 0 Å². The summed E-state index contributed by atoms with van der Waals surface area (Å²) in [7, 11) is 4.24. The van der Waals surface area contributed by atoms with Gasteiger partial charge in [0.2, 0.25) is 0 Å². The lowest BCUT2D eigenvalue weighted by Gasteiger charge is -2.26. The maximum absolute atomic E-state index is 5.77. The van der Waals surface area contributed by atoms with Crippen LogP contribution in [0.1, 0.15) is 25.8 Å². The maximum atomic E-state index is 5.77. The van der Waals surface area contributed by atoms with E-state index in [1.807, 2.05) is 12.1 Å². The standard InChI is InChI=1S/C17H28N2O2/c1-13(2)10-15(12-19(3)4)18-11-14-6-5-7-16-17(14)21-9-8-20-16/h5-7,13,15,18H,8-12H2,1-4H3. The molecule has 0 saturated carbocycles. The number of hydrogen-bond acceptors (Lipinski definition) is 4. The second-order valence-corrected chi connectivity index (χ2v) is 6.41. The molecule has 0 spiro atoms. The lowest BCUT2D eigenvalue weighted by molar-refractivity contribution is 0.169. The van der Waals surface area contributed by atoms with Gasteiger partial charge in [-0.15, -0.1) is 0 Å². The Labute approximate surface area is 128 Å². The second-order valence-electron chi connectivity index (χ2n) is 6.41. The molecule has 0 aliphatic carbocycles. The molecular weight excluding hydrogens is 264 g/mol. The molecule has 21 heavy (non-hydrogen) atoms. The van der Waals surface area contributed by atoms with E-state index in [9.17, 15) is 0 Å². The molecule has 0 amide bonds. The monoisotopic (exact) mass is 292 g/mol. The molecule has 1 atom stereocenters. The maximum Gasteiger partial charge on any atom is 0.165 e. The zero-order valence-corrected chi connectivity index (χ0v) is 13.7. The molecule has 1 aliphatic heterocycles. The largest absolute Gasteiger partial charge is 0.486 e. The summed E-state index contributed by atoms with van der Waals surface area (Å²) < 4.78 is 11.4. The van der Waals surface area contributed by atoms with Crippen molar-refractivity contribution in [1.29, 1.82) is 0 Å². The predicted molar refractivity (Wildman–Crippen MR) is 86.1 cm³/mol. The first kappa shape index (κ1) is 16.1. The van der Waals surface area contributed by atoms with Gasteiger partial charge in [-0.1, -0.05) is 26.0 Å². The summed E-state index contributed by atoms with van der Waals surface area (Å²) in [6.07, 6.45) is 1.17. The number of benzene rings is 1. The fourth-order valence-electron chi connectivity index (χ4n) is 2.76. The Morgan fingerprint density at radius 3 is 2.67 bits per heavy atom. The number of nitrogens with zero attached hydrogens (tertiary/aromatic N) is 1. The van der Waals surface area contributed by atoms with E-state index in [-0.39, 0.29) is 0 Å². The summed E-state index contributed by atoms with van der Waals surface area (Å²) in [5.74, 6) is 2.46. The van der Waals surface area contributed by atoms with Crippen LogP contribution in [0.25, 0.3) is 0 Å². The number of nitrogens with one attached hydrogen (secondary N) is 1. The molecule has 1 unspecified atom stereocenters. The van der Waals surface area contributed by atoms with Crippen LogP contribution in [0.5, 0.6) is 11.5 Å². The smallest absolute Gasteiger partial charge is 0.165 e. The molecule has 4 nitrogen and oxygen atoms in total. The van der Waals surface area contributed by atoms with Crippen LogP contribution in [0.2, 0.25) is 0 Å². The summed E-state index contributed by atoms with van der Waals surface area (Å²) in [6.45, 7) is 7.68. The van der Waals surface area contributed by atoms with Gasteiger partial charge in [0.15, 0.2) is 11.5 Å². The first-order valence-corrected chi connectivity index (χ1v) is 7.82. The number of fused-ring (bicyclic) bond motifs is 1. The average molecular weight is 292 g/mol. The molecule has 0 saturated heterocycles. The Hall–Kier alpha value is -1.26. The average Bonchev–Trinajstić information content (AvgIpc) is 2.43. The topological polar surface area (TPSA) is 33.7 Å². The minimum Gasteiger partial charge on any atom is -0.486 e. The van der Waals surface area contributed by atoms with Gasteiger partial charge in [0, 0.05) is 24.7 Å². The van der Waals surface area contributed by atoms with Crippen LogP contribution in [0.15, 0.2) is 18.2 Å². The molecule has 0 aromatic heterocycles. The summed E-state index contributed by atoms with van der Waals surface area (Å²) in [5, 5.41) is 3.67. The van der Waals surface area contributed by atoms with Gasteiger partial charge < -0.3 is 19.7 Å². The van der Waals surface area contributed by atoms with Gasteiger partial charge in [-0.3, -0.25) is 0 Å². The van der Waals surface area contributed by atoms with E-state index in [1.165, 1.54) is 12.0 Å². The molecule has 0 radical (unpaired) electrons. The molecule has 118 valence electrons. The van der Waals surface area contributed by atoms with E-state index < -0.39 is 0 Å². The van der Waals surface area contributed by atoms with Gasteiger partial charge in [0.25, 0.3) is 0 Å². The second kappa shape index (κ2) is 7.66. The minimum atomic E-state index is 0.486. The van der Waals surface area contributed by atoms with Crippen molar-refractivity contribution in [3.63, 3.8) is 0 Å². The molecule has 1 aliphatic rings. The molecule has 0 fully saturated rings. The van der Waals surface area contributed by atoms with E-state index >= 15 is 0 Å². The molecule has 0 bridgehead atoms. The summed E-state index contributed by atoms with van der Waals surface area (Å²) in [4.78, 5) is 2.24. The van der Waals surface area contributed by atoms with Crippen molar-refractivity contribution in [2.24, 2.45) is 5.92 Å². The van der Waals surface area contributed by atoms with Gasteiger partial charge in [0.05, 0.1) is 0 Å². The lowest BCUT2D eigenvalue weighted by Crippen LogP contribution is -2.39. The molecule has 1 aromatic carbocycles. The Balaban J connectivity index is 2.00. The number of para-hydroxylation sites is 1. The molecule has 1 aromatic rings. The highest BCUT2D eigenvalue weighted by Gasteiger charge is 2.17. The quantitative estimate of drug-likeness (QED) is 0.837. The van der Waals surface area contributed by atoms with Crippen LogP contribution in [0, 0.1) is 5.92 Å². The molecule has 1 N–H and O–H groups in total. The fourth-order valence-corrected chi connectivity index (χ4v) is 2.76. The van der Waals surface area contributed by atoms with Gasteiger partial charge in [-0.25, -0.2) is 0 Å². The van der Waals surface area contributed by atoms with Crippen molar-refractivity contribution in [2.75, 3.05) is 33.9 Å². The molecular formula is C17H28N2O2. The van der Waals surface area contributed by atoms with Gasteiger partial charge in [-0.05, 0) is 32.5 Å². The van der Waals surface area contributed by atoms with Crippen molar-refractivity contribution in [1.82, 2.24) is 10.2 Å². The van der Waals surface area contributed by atoms with Crippen molar-refractivity contribution >= 4 is 0 Å².